The SMILES string of the molecule is O=C(c1ccncc1)c1cc2cc(Cl)cc(Cl)c2o1. The molecule has 2 heterocycles. The van der Waals surface area contributed by atoms with E-state index in [0.29, 0.717) is 26.6 Å². The highest BCUT2D eigenvalue weighted by Gasteiger charge is 2.16. The van der Waals surface area contributed by atoms with Crippen LogP contribution in [0.2, 0.25) is 10.0 Å². The second kappa shape index (κ2) is 4.68. The van der Waals surface area contributed by atoms with Gasteiger partial charge in [0.25, 0.3) is 0 Å². The predicted molar refractivity (Wildman–Crippen MR) is 73.9 cm³/mol. The summed E-state index contributed by atoms with van der Waals surface area (Å²) in [6, 6.07) is 8.18. The summed E-state index contributed by atoms with van der Waals surface area (Å²) in [5.41, 5.74) is 0.972. The number of ketones is 1. The Morgan fingerprint density at radius 2 is 1.84 bits per heavy atom. The van der Waals surface area contributed by atoms with Crippen LogP contribution in [-0.4, -0.2) is 10.8 Å². The van der Waals surface area contributed by atoms with Crippen LogP contribution in [0.1, 0.15) is 16.1 Å². The minimum atomic E-state index is -0.217. The third-order valence-corrected chi connectivity index (χ3v) is 3.20. The number of rotatable bonds is 2. The zero-order chi connectivity index (χ0) is 13.4. The van der Waals surface area contributed by atoms with Crippen molar-refractivity contribution < 1.29 is 9.21 Å². The standard InChI is InChI=1S/C14H7Cl2NO2/c15-10-5-9-6-12(19-14(9)11(16)7-10)13(18)8-1-3-17-4-2-8/h1-7H. The first-order valence-electron chi connectivity index (χ1n) is 5.48. The summed E-state index contributed by atoms with van der Waals surface area (Å²) in [5.74, 6) is 0.0103. The van der Waals surface area contributed by atoms with Gasteiger partial charge in [-0.3, -0.25) is 9.78 Å². The van der Waals surface area contributed by atoms with Crippen LogP contribution in [0.5, 0.6) is 0 Å². The van der Waals surface area contributed by atoms with Gasteiger partial charge in [-0.15, -0.1) is 0 Å². The number of aromatic nitrogens is 1. The van der Waals surface area contributed by atoms with Crippen LogP contribution in [0, 0.1) is 0 Å². The first-order valence-corrected chi connectivity index (χ1v) is 6.24. The number of hydrogen-bond donors (Lipinski definition) is 0. The molecule has 0 saturated carbocycles. The van der Waals surface area contributed by atoms with Crippen LogP contribution in [0.15, 0.2) is 47.1 Å². The van der Waals surface area contributed by atoms with E-state index < -0.39 is 0 Å². The fourth-order valence-corrected chi connectivity index (χ4v) is 2.38. The highest BCUT2D eigenvalue weighted by Crippen LogP contribution is 2.31. The van der Waals surface area contributed by atoms with E-state index in [4.69, 9.17) is 27.6 Å². The van der Waals surface area contributed by atoms with Gasteiger partial charge >= 0.3 is 0 Å². The van der Waals surface area contributed by atoms with Crippen molar-refractivity contribution in [2.24, 2.45) is 0 Å². The van der Waals surface area contributed by atoms with Crippen LogP contribution in [0.4, 0.5) is 0 Å². The number of hydrogen-bond acceptors (Lipinski definition) is 3. The molecule has 0 unspecified atom stereocenters. The molecule has 0 fully saturated rings. The third-order valence-electron chi connectivity index (χ3n) is 2.70. The van der Waals surface area contributed by atoms with E-state index in [-0.39, 0.29) is 11.5 Å². The van der Waals surface area contributed by atoms with Gasteiger partial charge in [0.05, 0.1) is 5.02 Å². The van der Waals surface area contributed by atoms with Crippen molar-refractivity contribution in [3.63, 3.8) is 0 Å². The minimum absolute atomic E-state index is 0.217. The number of benzene rings is 1. The van der Waals surface area contributed by atoms with Crippen molar-refractivity contribution in [2.45, 2.75) is 0 Å². The van der Waals surface area contributed by atoms with Gasteiger partial charge in [-0.25, -0.2) is 0 Å². The number of halogens is 2. The molecule has 1 aromatic carbocycles. The molecule has 0 aliphatic carbocycles. The molecule has 0 atom stereocenters. The lowest BCUT2D eigenvalue weighted by Crippen LogP contribution is -1.98. The van der Waals surface area contributed by atoms with Crippen LogP contribution in [0.3, 0.4) is 0 Å². The van der Waals surface area contributed by atoms with Gasteiger partial charge in [0.15, 0.2) is 11.3 Å². The Hall–Kier alpha value is -1.84. The second-order valence-electron chi connectivity index (χ2n) is 3.98. The maximum absolute atomic E-state index is 12.2. The molecule has 0 aliphatic heterocycles. The molecule has 5 heteroatoms. The Bertz CT molecular complexity index is 766. The first kappa shape index (κ1) is 12.2. The van der Waals surface area contributed by atoms with E-state index in [0.717, 1.165) is 0 Å². The summed E-state index contributed by atoms with van der Waals surface area (Å²) >= 11 is 11.9. The molecule has 94 valence electrons. The molecular weight excluding hydrogens is 285 g/mol. The molecule has 2 aromatic heterocycles. The number of fused-ring (bicyclic) bond motifs is 1. The van der Waals surface area contributed by atoms with Gasteiger partial charge < -0.3 is 4.42 Å². The predicted octanol–water partition coefficient (Wildman–Crippen LogP) is 4.37. The number of nitrogens with zero attached hydrogens (tertiary/aromatic N) is 1. The molecule has 0 N–H and O–H groups in total. The monoisotopic (exact) mass is 291 g/mol. The Labute approximate surface area is 118 Å². The van der Waals surface area contributed by atoms with Crippen LogP contribution < -0.4 is 0 Å². The summed E-state index contributed by atoms with van der Waals surface area (Å²) in [4.78, 5) is 16.1. The van der Waals surface area contributed by atoms with Gasteiger partial charge in [-0.2, -0.15) is 0 Å². The van der Waals surface area contributed by atoms with E-state index in [9.17, 15) is 4.79 Å². The van der Waals surface area contributed by atoms with Gasteiger partial charge in [-0.1, -0.05) is 23.2 Å². The minimum Gasteiger partial charge on any atom is -0.451 e. The molecule has 0 amide bonds. The Balaban J connectivity index is 2.12. The topological polar surface area (TPSA) is 43.1 Å². The molecule has 0 bridgehead atoms. The average Bonchev–Trinajstić information content (AvgIpc) is 2.83. The van der Waals surface area contributed by atoms with Crippen molar-refractivity contribution >= 4 is 40.0 Å². The fourth-order valence-electron chi connectivity index (χ4n) is 1.83. The molecule has 0 saturated heterocycles. The maximum Gasteiger partial charge on any atom is 0.228 e. The molecular formula is C14H7Cl2NO2. The summed E-state index contributed by atoms with van der Waals surface area (Å²) < 4.78 is 5.51. The number of carbonyl (C=O) groups is 1. The van der Waals surface area contributed by atoms with Gasteiger partial charge in [-0.05, 0) is 30.3 Å². The van der Waals surface area contributed by atoms with Gasteiger partial charge in [0.2, 0.25) is 5.78 Å². The Morgan fingerprint density at radius 3 is 2.58 bits per heavy atom. The van der Waals surface area contributed by atoms with Crippen LogP contribution in [-0.2, 0) is 0 Å². The lowest BCUT2D eigenvalue weighted by atomic mass is 10.1. The van der Waals surface area contributed by atoms with Gasteiger partial charge in [0, 0.05) is 28.4 Å². The highest BCUT2D eigenvalue weighted by molar-refractivity contribution is 6.38. The smallest absolute Gasteiger partial charge is 0.228 e. The van der Waals surface area contributed by atoms with E-state index in [1.165, 1.54) is 0 Å². The second-order valence-corrected chi connectivity index (χ2v) is 4.83. The van der Waals surface area contributed by atoms with E-state index in [1.807, 2.05) is 0 Å². The molecule has 3 aromatic rings. The number of carbonyl (C=O) groups excluding carboxylic acids is 1. The van der Waals surface area contributed by atoms with Crippen molar-refractivity contribution in [1.29, 1.82) is 0 Å². The van der Waals surface area contributed by atoms with Crippen LogP contribution in [0.25, 0.3) is 11.0 Å². The molecule has 0 aliphatic rings. The van der Waals surface area contributed by atoms with E-state index >= 15 is 0 Å². The van der Waals surface area contributed by atoms with E-state index in [2.05, 4.69) is 4.98 Å². The van der Waals surface area contributed by atoms with Crippen molar-refractivity contribution in [1.82, 2.24) is 4.98 Å². The molecule has 3 nitrogen and oxygen atoms in total. The normalized spacial score (nSPS) is 10.8. The zero-order valence-electron chi connectivity index (χ0n) is 9.56. The van der Waals surface area contributed by atoms with Gasteiger partial charge in [0.1, 0.15) is 0 Å². The Morgan fingerprint density at radius 1 is 1.11 bits per heavy atom. The first-order chi connectivity index (χ1) is 9.15. The van der Waals surface area contributed by atoms with E-state index in [1.54, 1.807) is 42.7 Å². The third kappa shape index (κ3) is 2.23. The highest BCUT2D eigenvalue weighted by atomic mass is 35.5. The molecule has 19 heavy (non-hydrogen) atoms. The Kier molecular flexibility index (Phi) is 3.01. The molecule has 3 rings (SSSR count). The fraction of sp³-hybridized carbons (Fsp3) is 0. The lowest BCUT2D eigenvalue weighted by Gasteiger charge is -1.95. The average molecular weight is 292 g/mol. The number of pyridine rings is 1. The summed E-state index contributed by atoms with van der Waals surface area (Å²) in [6.45, 7) is 0. The van der Waals surface area contributed by atoms with Crippen LogP contribution >= 0.6 is 23.2 Å². The maximum atomic E-state index is 12.2. The van der Waals surface area contributed by atoms with Crippen molar-refractivity contribution in [3.8, 4) is 0 Å². The molecule has 0 spiro atoms. The zero-order valence-corrected chi connectivity index (χ0v) is 11.1. The summed E-state index contributed by atoms with van der Waals surface area (Å²) in [7, 11) is 0. The van der Waals surface area contributed by atoms with Crippen molar-refractivity contribution in [2.75, 3.05) is 0 Å². The number of furan rings is 1. The quantitative estimate of drug-likeness (QED) is 0.659. The lowest BCUT2D eigenvalue weighted by molar-refractivity contribution is 0.101. The largest absolute Gasteiger partial charge is 0.451 e. The van der Waals surface area contributed by atoms with Crippen molar-refractivity contribution in [3.05, 3.63) is 64.1 Å². The summed E-state index contributed by atoms with van der Waals surface area (Å²) in [6.07, 6.45) is 3.11. The summed E-state index contributed by atoms with van der Waals surface area (Å²) in [5, 5.41) is 1.59. The molecule has 0 radical (unpaired) electrons.